The number of amides is 2. The highest BCUT2D eigenvalue weighted by Gasteiger charge is 2.32. The topological polar surface area (TPSA) is 65.1 Å². The number of likely N-dealkylation sites (N-methyl/N-ethyl adjacent to an activating group) is 1. The Morgan fingerprint density at radius 3 is 2.58 bits per heavy atom. The van der Waals surface area contributed by atoms with E-state index in [1.165, 1.54) is 0 Å². The molecule has 2 aliphatic heterocycles. The zero-order chi connectivity index (χ0) is 17.5. The molecule has 0 spiro atoms. The first kappa shape index (κ1) is 19.1. The average molecular weight is 340 g/mol. The second kappa shape index (κ2) is 9.34. The molecule has 2 fully saturated rings. The first-order chi connectivity index (χ1) is 11.6. The minimum Gasteiger partial charge on any atom is -0.375 e. The summed E-state index contributed by atoms with van der Waals surface area (Å²) in [5, 5.41) is 3.27. The largest absolute Gasteiger partial charge is 0.375 e. The maximum absolute atomic E-state index is 12.7. The summed E-state index contributed by atoms with van der Waals surface area (Å²) < 4.78 is 5.59. The second-order valence-electron chi connectivity index (χ2n) is 6.53. The van der Waals surface area contributed by atoms with E-state index in [2.05, 4.69) is 10.2 Å². The van der Waals surface area contributed by atoms with E-state index in [4.69, 9.17) is 4.74 Å². The molecule has 0 aromatic carbocycles. The van der Waals surface area contributed by atoms with Crippen molar-refractivity contribution in [3.8, 4) is 0 Å². The lowest BCUT2D eigenvalue weighted by atomic mass is 10.1. The maximum atomic E-state index is 12.7. The summed E-state index contributed by atoms with van der Waals surface area (Å²) >= 11 is 0. The van der Waals surface area contributed by atoms with Crippen LogP contribution in [-0.4, -0.2) is 97.6 Å². The third-order valence-electron chi connectivity index (χ3n) is 4.96. The van der Waals surface area contributed by atoms with Crippen LogP contribution in [0.5, 0.6) is 0 Å². The van der Waals surface area contributed by atoms with E-state index in [0.717, 1.165) is 45.7 Å². The zero-order valence-corrected chi connectivity index (χ0v) is 15.3. The standard InChI is InChI=1S/C17H32N4O3/c1-4-20(5-2)15(22)13-19-8-6-9-21(11-10-19)17(23)16-14(3)24-12-7-18-16/h14,16,18H,4-13H2,1-3H3/t14-,16+/m1/s1. The monoisotopic (exact) mass is 340 g/mol. The van der Waals surface area contributed by atoms with Gasteiger partial charge in [0.05, 0.1) is 19.3 Å². The first-order valence-electron chi connectivity index (χ1n) is 9.20. The van der Waals surface area contributed by atoms with Crippen LogP contribution < -0.4 is 5.32 Å². The van der Waals surface area contributed by atoms with Gasteiger partial charge in [0.2, 0.25) is 11.8 Å². The molecule has 0 radical (unpaired) electrons. The minimum absolute atomic E-state index is 0.0881. The van der Waals surface area contributed by atoms with Crippen LogP contribution in [0.2, 0.25) is 0 Å². The molecule has 2 heterocycles. The van der Waals surface area contributed by atoms with Crippen LogP contribution in [-0.2, 0) is 14.3 Å². The molecule has 2 rings (SSSR count). The number of nitrogens with one attached hydrogen (secondary N) is 1. The molecule has 7 heteroatoms. The van der Waals surface area contributed by atoms with Crippen molar-refractivity contribution in [3.63, 3.8) is 0 Å². The zero-order valence-electron chi connectivity index (χ0n) is 15.3. The Morgan fingerprint density at radius 2 is 1.92 bits per heavy atom. The number of carbonyl (C=O) groups is 2. The molecule has 2 aliphatic rings. The lowest BCUT2D eigenvalue weighted by Crippen LogP contribution is -2.56. The van der Waals surface area contributed by atoms with Crippen molar-refractivity contribution in [1.29, 1.82) is 0 Å². The molecule has 2 saturated heterocycles. The highest BCUT2D eigenvalue weighted by Crippen LogP contribution is 2.11. The summed E-state index contributed by atoms with van der Waals surface area (Å²) in [7, 11) is 0. The smallest absolute Gasteiger partial charge is 0.242 e. The molecule has 1 N–H and O–H groups in total. The van der Waals surface area contributed by atoms with Crippen LogP contribution in [0.1, 0.15) is 27.2 Å². The molecular formula is C17H32N4O3. The second-order valence-corrected chi connectivity index (χ2v) is 6.53. The summed E-state index contributed by atoms with van der Waals surface area (Å²) in [5.41, 5.74) is 0. The van der Waals surface area contributed by atoms with Gasteiger partial charge in [-0.15, -0.1) is 0 Å². The summed E-state index contributed by atoms with van der Waals surface area (Å²) in [6.07, 6.45) is 0.814. The van der Waals surface area contributed by atoms with E-state index in [9.17, 15) is 9.59 Å². The highest BCUT2D eigenvalue weighted by atomic mass is 16.5. The summed E-state index contributed by atoms with van der Waals surface area (Å²) in [5.74, 6) is 0.301. The minimum atomic E-state index is -0.248. The normalized spacial score (nSPS) is 26.0. The fourth-order valence-corrected chi connectivity index (χ4v) is 3.42. The Bertz CT molecular complexity index is 428. The van der Waals surface area contributed by atoms with E-state index in [0.29, 0.717) is 19.7 Å². The fourth-order valence-electron chi connectivity index (χ4n) is 3.42. The molecule has 0 saturated carbocycles. The molecule has 0 aromatic heterocycles. The predicted molar refractivity (Wildman–Crippen MR) is 92.8 cm³/mol. The van der Waals surface area contributed by atoms with Crippen LogP contribution in [0.25, 0.3) is 0 Å². The van der Waals surface area contributed by atoms with Crippen molar-refractivity contribution in [3.05, 3.63) is 0 Å². The van der Waals surface area contributed by atoms with Crippen molar-refractivity contribution < 1.29 is 14.3 Å². The lowest BCUT2D eigenvalue weighted by molar-refractivity contribution is -0.139. The molecule has 7 nitrogen and oxygen atoms in total. The van der Waals surface area contributed by atoms with E-state index in [1.807, 2.05) is 30.6 Å². The number of nitrogens with zero attached hydrogens (tertiary/aromatic N) is 3. The fraction of sp³-hybridized carbons (Fsp3) is 0.882. The molecule has 0 aliphatic carbocycles. The Hall–Kier alpha value is -1.18. The molecule has 138 valence electrons. The van der Waals surface area contributed by atoms with Crippen LogP contribution >= 0.6 is 0 Å². The van der Waals surface area contributed by atoms with Gasteiger partial charge in [-0.3, -0.25) is 14.5 Å². The molecule has 2 amide bonds. The van der Waals surface area contributed by atoms with E-state index >= 15 is 0 Å². The van der Waals surface area contributed by atoms with Gasteiger partial charge in [0.15, 0.2) is 0 Å². The quantitative estimate of drug-likeness (QED) is 0.749. The van der Waals surface area contributed by atoms with Crippen molar-refractivity contribution >= 4 is 11.8 Å². The lowest BCUT2D eigenvalue weighted by Gasteiger charge is -2.33. The SMILES string of the molecule is CCN(CC)C(=O)CN1CCCN(C(=O)[C@H]2NCCO[C@@H]2C)CC1. The summed E-state index contributed by atoms with van der Waals surface area (Å²) in [6, 6.07) is -0.248. The van der Waals surface area contributed by atoms with Gasteiger partial charge < -0.3 is 19.9 Å². The van der Waals surface area contributed by atoms with E-state index < -0.39 is 0 Å². The van der Waals surface area contributed by atoms with Gasteiger partial charge in [-0.25, -0.2) is 0 Å². The number of ether oxygens (including phenoxy) is 1. The Kier molecular flexibility index (Phi) is 7.45. The van der Waals surface area contributed by atoms with Crippen LogP contribution in [0, 0.1) is 0 Å². The van der Waals surface area contributed by atoms with Crippen molar-refractivity contribution in [2.75, 3.05) is 59.0 Å². The van der Waals surface area contributed by atoms with Crippen LogP contribution in [0.4, 0.5) is 0 Å². The third-order valence-corrected chi connectivity index (χ3v) is 4.96. The van der Waals surface area contributed by atoms with Gasteiger partial charge in [0.25, 0.3) is 0 Å². The number of hydrogen-bond donors (Lipinski definition) is 1. The van der Waals surface area contributed by atoms with Crippen molar-refractivity contribution in [2.24, 2.45) is 0 Å². The Morgan fingerprint density at radius 1 is 1.17 bits per heavy atom. The Labute approximate surface area is 145 Å². The predicted octanol–water partition coefficient (Wildman–Crippen LogP) is -0.234. The van der Waals surface area contributed by atoms with Crippen LogP contribution in [0.3, 0.4) is 0 Å². The van der Waals surface area contributed by atoms with Gasteiger partial charge in [-0.05, 0) is 27.2 Å². The molecule has 2 atom stereocenters. The molecular weight excluding hydrogens is 308 g/mol. The first-order valence-corrected chi connectivity index (χ1v) is 9.20. The Balaban J connectivity index is 1.85. The van der Waals surface area contributed by atoms with Gasteiger partial charge in [0, 0.05) is 45.8 Å². The van der Waals surface area contributed by atoms with Gasteiger partial charge in [-0.1, -0.05) is 0 Å². The number of hydrogen-bond acceptors (Lipinski definition) is 5. The number of morpholine rings is 1. The number of rotatable bonds is 5. The molecule has 0 bridgehead atoms. The highest BCUT2D eigenvalue weighted by molar-refractivity contribution is 5.82. The summed E-state index contributed by atoms with van der Waals surface area (Å²) in [4.78, 5) is 31.0. The van der Waals surface area contributed by atoms with Gasteiger partial charge in [-0.2, -0.15) is 0 Å². The maximum Gasteiger partial charge on any atom is 0.242 e. The molecule has 24 heavy (non-hydrogen) atoms. The van der Waals surface area contributed by atoms with E-state index in [-0.39, 0.29) is 24.0 Å². The average Bonchev–Trinajstić information content (AvgIpc) is 2.81. The third kappa shape index (κ3) is 4.91. The van der Waals surface area contributed by atoms with Crippen molar-refractivity contribution in [2.45, 2.75) is 39.3 Å². The van der Waals surface area contributed by atoms with E-state index in [1.54, 1.807) is 0 Å². The van der Waals surface area contributed by atoms with Gasteiger partial charge >= 0.3 is 0 Å². The summed E-state index contributed by atoms with van der Waals surface area (Å²) in [6.45, 7) is 12.3. The van der Waals surface area contributed by atoms with Gasteiger partial charge in [0.1, 0.15) is 6.04 Å². The molecule has 0 unspecified atom stereocenters. The van der Waals surface area contributed by atoms with Crippen molar-refractivity contribution in [1.82, 2.24) is 20.0 Å². The number of carbonyl (C=O) groups excluding carboxylic acids is 2. The van der Waals surface area contributed by atoms with Crippen LogP contribution in [0.15, 0.2) is 0 Å². The molecule has 0 aromatic rings.